The summed E-state index contributed by atoms with van der Waals surface area (Å²) in [5.74, 6) is 0.597. The molecule has 2 aromatic heterocycles. The molecular formula is C32H31FNO+. The van der Waals surface area contributed by atoms with Gasteiger partial charge in [0.1, 0.15) is 24.0 Å². The van der Waals surface area contributed by atoms with Gasteiger partial charge in [-0.15, -0.1) is 0 Å². The van der Waals surface area contributed by atoms with E-state index in [2.05, 4.69) is 86.3 Å². The zero-order valence-corrected chi connectivity index (χ0v) is 20.6. The van der Waals surface area contributed by atoms with E-state index in [4.69, 9.17) is 4.42 Å². The van der Waals surface area contributed by atoms with Crippen molar-refractivity contribution in [2.45, 2.75) is 51.4 Å². The van der Waals surface area contributed by atoms with Crippen LogP contribution in [0.5, 0.6) is 0 Å². The van der Waals surface area contributed by atoms with E-state index >= 15 is 4.39 Å². The van der Waals surface area contributed by atoms with Gasteiger partial charge in [0, 0.05) is 28.0 Å². The lowest BCUT2D eigenvalue weighted by Crippen LogP contribution is -2.31. The van der Waals surface area contributed by atoms with Crippen LogP contribution in [0.4, 0.5) is 4.39 Å². The van der Waals surface area contributed by atoms with Gasteiger partial charge in [-0.05, 0) is 80.7 Å². The topological polar surface area (TPSA) is 17.0 Å². The van der Waals surface area contributed by atoms with E-state index in [0.717, 1.165) is 70.0 Å². The molecule has 0 N–H and O–H groups in total. The molecule has 0 spiro atoms. The third-order valence-electron chi connectivity index (χ3n) is 7.95. The Hall–Kier alpha value is -3.46. The number of aryl methyl sites for hydroxylation is 3. The molecule has 3 heteroatoms. The van der Waals surface area contributed by atoms with E-state index in [0.29, 0.717) is 5.92 Å². The SMILES string of the molecule is Cc1ccc(-c2c(C)ccc3c2oc2c(C4CCC(c5ccccc5)CC4)c(F)ccc23)[n+](C)c1. The number of benzene rings is 3. The van der Waals surface area contributed by atoms with Crippen LogP contribution in [0.3, 0.4) is 0 Å². The second-order valence-electron chi connectivity index (χ2n) is 10.2. The van der Waals surface area contributed by atoms with Crippen molar-refractivity contribution >= 4 is 21.9 Å². The smallest absolute Gasteiger partial charge is 0.216 e. The van der Waals surface area contributed by atoms with Crippen LogP contribution < -0.4 is 4.57 Å². The number of rotatable bonds is 3. The second-order valence-corrected chi connectivity index (χ2v) is 10.2. The van der Waals surface area contributed by atoms with E-state index in [1.807, 2.05) is 6.07 Å². The molecule has 2 nitrogen and oxygen atoms in total. The lowest BCUT2D eigenvalue weighted by atomic mass is 9.76. The molecule has 0 amide bonds. The Kier molecular flexibility index (Phi) is 5.44. The summed E-state index contributed by atoms with van der Waals surface area (Å²) in [6.07, 6.45) is 6.24. The first kappa shape index (κ1) is 22.0. The molecule has 176 valence electrons. The third-order valence-corrected chi connectivity index (χ3v) is 7.95. The van der Waals surface area contributed by atoms with Crippen molar-refractivity contribution in [3.63, 3.8) is 0 Å². The summed E-state index contributed by atoms with van der Waals surface area (Å²) in [4.78, 5) is 0. The fourth-order valence-electron chi connectivity index (χ4n) is 6.14. The first-order valence-corrected chi connectivity index (χ1v) is 12.7. The molecule has 6 rings (SSSR count). The molecule has 2 heterocycles. The number of halogens is 1. The van der Waals surface area contributed by atoms with E-state index in [-0.39, 0.29) is 11.7 Å². The first-order chi connectivity index (χ1) is 17.0. The Labute approximate surface area is 206 Å². The highest BCUT2D eigenvalue weighted by Crippen LogP contribution is 2.46. The van der Waals surface area contributed by atoms with E-state index < -0.39 is 0 Å². The molecule has 1 aliphatic carbocycles. The normalized spacial score (nSPS) is 18.4. The molecule has 1 fully saturated rings. The molecule has 0 atom stereocenters. The molecule has 1 saturated carbocycles. The molecule has 0 unspecified atom stereocenters. The van der Waals surface area contributed by atoms with Gasteiger partial charge in [0.05, 0.1) is 5.56 Å². The van der Waals surface area contributed by atoms with Crippen LogP contribution in [0.1, 0.15) is 59.8 Å². The van der Waals surface area contributed by atoms with Crippen molar-refractivity contribution in [2.24, 2.45) is 7.05 Å². The second kappa shape index (κ2) is 8.64. The van der Waals surface area contributed by atoms with Crippen LogP contribution in [0.2, 0.25) is 0 Å². The predicted molar refractivity (Wildman–Crippen MR) is 140 cm³/mol. The molecule has 0 radical (unpaired) electrons. The quantitative estimate of drug-likeness (QED) is 0.246. The van der Waals surface area contributed by atoms with Crippen LogP contribution >= 0.6 is 0 Å². The molecule has 0 saturated heterocycles. The number of fused-ring (bicyclic) bond motifs is 3. The van der Waals surface area contributed by atoms with E-state index in [1.165, 1.54) is 11.1 Å². The average Bonchev–Trinajstić information content (AvgIpc) is 3.24. The molecular weight excluding hydrogens is 433 g/mol. The third kappa shape index (κ3) is 3.74. The van der Waals surface area contributed by atoms with Gasteiger partial charge in [-0.1, -0.05) is 42.5 Å². The monoisotopic (exact) mass is 464 g/mol. The Morgan fingerprint density at radius 3 is 2.20 bits per heavy atom. The molecule has 1 aliphatic rings. The predicted octanol–water partition coefficient (Wildman–Crippen LogP) is 8.27. The maximum Gasteiger partial charge on any atom is 0.216 e. The summed E-state index contributed by atoms with van der Waals surface area (Å²) in [6, 6.07) is 22.8. The fraction of sp³-hybridized carbons (Fsp3) is 0.281. The largest absolute Gasteiger partial charge is 0.455 e. The van der Waals surface area contributed by atoms with Crippen LogP contribution in [0, 0.1) is 19.7 Å². The Bertz CT molecular complexity index is 1540. The zero-order chi connectivity index (χ0) is 24.1. The van der Waals surface area contributed by atoms with Crippen LogP contribution in [-0.2, 0) is 7.05 Å². The van der Waals surface area contributed by atoms with Crippen molar-refractivity contribution in [1.29, 1.82) is 0 Å². The van der Waals surface area contributed by atoms with Gasteiger partial charge in [0.15, 0.2) is 6.20 Å². The minimum Gasteiger partial charge on any atom is -0.455 e. The summed E-state index contributed by atoms with van der Waals surface area (Å²) in [6.45, 7) is 4.22. The highest BCUT2D eigenvalue weighted by Gasteiger charge is 2.29. The summed E-state index contributed by atoms with van der Waals surface area (Å²) < 4.78 is 24.2. The highest BCUT2D eigenvalue weighted by molar-refractivity contribution is 6.10. The number of hydrogen-bond acceptors (Lipinski definition) is 1. The molecule has 0 aliphatic heterocycles. The summed E-state index contributed by atoms with van der Waals surface area (Å²) >= 11 is 0. The van der Waals surface area contributed by atoms with Crippen LogP contribution in [-0.4, -0.2) is 0 Å². The van der Waals surface area contributed by atoms with E-state index in [9.17, 15) is 0 Å². The number of furan rings is 1. The standard InChI is InChI=1S/C32H31FNO/c1-20-9-18-28(34(3)19-20)29-21(2)10-15-25-26-16-17-27(33)30(32(26)35-31(25)29)24-13-11-23(12-14-24)22-7-5-4-6-8-22/h4-10,15-19,23-24H,11-14H2,1-3H3/q+1. The van der Waals surface area contributed by atoms with Crippen molar-refractivity contribution in [3.8, 4) is 11.3 Å². The molecule has 3 aromatic carbocycles. The van der Waals surface area contributed by atoms with Crippen LogP contribution in [0.15, 0.2) is 77.3 Å². The van der Waals surface area contributed by atoms with Crippen molar-refractivity contribution in [1.82, 2.24) is 0 Å². The Morgan fingerprint density at radius 2 is 1.46 bits per heavy atom. The minimum atomic E-state index is -0.140. The summed E-state index contributed by atoms with van der Waals surface area (Å²) in [7, 11) is 2.07. The maximum absolute atomic E-state index is 15.4. The lowest BCUT2D eigenvalue weighted by molar-refractivity contribution is -0.660. The van der Waals surface area contributed by atoms with Gasteiger partial charge >= 0.3 is 0 Å². The zero-order valence-electron chi connectivity index (χ0n) is 20.6. The van der Waals surface area contributed by atoms with Gasteiger partial charge < -0.3 is 4.42 Å². The fourth-order valence-corrected chi connectivity index (χ4v) is 6.14. The summed E-state index contributed by atoms with van der Waals surface area (Å²) in [5.41, 5.74) is 8.29. The Balaban J connectivity index is 1.46. The van der Waals surface area contributed by atoms with Crippen molar-refractivity contribution in [3.05, 3.63) is 101 Å². The maximum atomic E-state index is 15.4. The Morgan fingerprint density at radius 1 is 0.771 bits per heavy atom. The first-order valence-electron chi connectivity index (χ1n) is 12.7. The summed E-state index contributed by atoms with van der Waals surface area (Å²) in [5, 5.41) is 2.07. The van der Waals surface area contributed by atoms with Gasteiger partial charge in [0.25, 0.3) is 0 Å². The van der Waals surface area contributed by atoms with Gasteiger partial charge in [0.2, 0.25) is 5.69 Å². The van der Waals surface area contributed by atoms with Gasteiger partial charge in [-0.2, -0.15) is 0 Å². The van der Waals surface area contributed by atoms with Gasteiger partial charge in [-0.3, -0.25) is 0 Å². The molecule has 35 heavy (non-hydrogen) atoms. The average molecular weight is 465 g/mol. The van der Waals surface area contributed by atoms with Crippen molar-refractivity contribution < 1.29 is 13.4 Å². The van der Waals surface area contributed by atoms with Crippen LogP contribution in [0.25, 0.3) is 33.2 Å². The lowest BCUT2D eigenvalue weighted by Gasteiger charge is -2.29. The highest BCUT2D eigenvalue weighted by atomic mass is 19.1. The molecule has 0 bridgehead atoms. The number of hydrogen-bond donors (Lipinski definition) is 0. The number of aromatic nitrogens is 1. The number of nitrogens with zero attached hydrogens (tertiary/aromatic N) is 1. The van der Waals surface area contributed by atoms with Crippen molar-refractivity contribution in [2.75, 3.05) is 0 Å². The van der Waals surface area contributed by atoms with E-state index in [1.54, 1.807) is 6.07 Å². The molecule has 5 aromatic rings. The van der Waals surface area contributed by atoms with Gasteiger partial charge in [-0.25, -0.2) is 8.96 Å². The minimum absolute atomic E-state index is 0.140. The number of pyridine rings is 1.